The second kappa shape index (κ2) is 10.1. The van der Waals surface area contributed by atoms with Gasteiger partial charge in [-0.25, -0.2) is 4.79 Å². The molecular formula is C24H25ClN4O5. The molecule has 0 unspecified atom stereocenters. The van der Waals surface area contributed by atoms with E-state index in [1.165, 1.54) is 11.6 Å². The molecule has 0 aliphatic carbocycles. The highest BCUT2D eigenvalue weighted by molar-refractivity contribution is 6.30. The van der Waals surface area contributed by atoms with Crippen LogP contribution < -0.4 is 20.7 Å². The largest absolute Gasteiger partial charge is 0.490 e. The monoisotopic (exact) mass is 484 g/mol. The van der Waals surface area contributed by atoms with E-state index in [1.54, 1.807) is 16.7 Å². The number of para-hydroxylation sites is 1. The van der Waals surface area contributed by atoms with Crippen LogP contribution in [0.1, 0.15) is 11.1 Å². The van der Waals surface area contributed by atoms with Crippen LogP contribution >= 0.6 is 11.6 Å². The molecule has 178 valence electrons. The number of hydrogen-bond acceptors (Lipinski definition) is 6. The average molecular weight is 485 g/mol. The van der Waals surface area contributed by atoms with Crippen LogP contribution in [0.3, 0.4) is 0 Å². The SMILES string of the molecule is Cc1ccccc1OCCOc1nc2c(c(=O)n(CCO)c(=O)n2C)n1Cc1ccc(Cl)cc1. The smallest absolute Gasteiger partial charge is 0.332 e. The Morgan fingerprint density at radius 3 is 2.41 bits per heavy atom. The molecule has 0 amide bonds. The van der Waals surface area contributed by atoms with E-state index in [0.29, 0.717) is 5.02 Å². The topological polar surface area (TPSA) is 101 Å². The van der Waals surface area contributed by atoms with Gasteiger partial charge < -0.3 is 14.6 Å². The van der Waals surface area contributed by atoms with E-state index < -0.39 is 11.2 Å². The van der Waals surface area contributed by atoms with Crippen molar-refractivity contribution in [1.29, 1.82) is 0 Å². The van der Waals surface area contributed by atoms with Gasteiger partial charge in [0.25, 0.3) is 11.6 Å². The molecule has 0 aliphatic rings. The zero-order chi connectivity index (χ0) is 24.2. The minimum atomic E-state index is -0.558. The summed E-state index contributed by atoms with van der Waals surface area (Å²) in [4.78, 5) is 30.3. The number of aliphatic hydroxyl groups is 1. The highest BCUT2D eigenvalue weighted by Gasteiger charge is 2.21. The third-order valence-electron chi connectivity index (χ3n) is 5.44. The Kier molecular flexibility index (Phi) is 7.04. The summed E-state index contributed by atoms with van der Waals surface area (Å²) in [6.07, 6.45) is 0. The molecule has 0 aliphatic heterocycles. The quantitative estimate of drug-likeness (QED) is 0.366. The number of rotatable bonds is 9. The highest BCUT2D eigenvalue weighted by atomic mass is 35.5. The van der Waals surface area contributed by atoms with Crippen molar-refractivity contribution < 1.29 is 14.6 Å². The molecule has 4 aromatic rings. The van der Waals surface area contributed by atoms with Crippen LogP contribution in [-0.2, 0) is 20.1 Å². The number of benzene rings is 2. The average Bonchev–Trinajstić information content (AvgIpc) is 3.19. The van der Waals surface area contributed by atoms with Crippen LogP contribution in [0.5, 0.6) is 11.8 Å². The van der Waals surface area contributed by atoms with Crippen molar-refractivity contribution in [2.75, 3.05) is 19.8 Å². The lowest BCUT2D eigenvalue weighted by Crippen LogP contribution is -2.40. The molecular weight excluding hydrogens is 460 g/mol. The number of fused-ring (bicyclic) bond motifs is 1. The van der Waals surface area contributed by atoms with Crippen molar-refractivity contribution in [2.24, 2.45) is 7.05 Å². The Labute approximate surface area is 200 Å². The van der Waals surface area contributed by atoms with Crippen LogP contribution in [0.2, 0.25) is 5.02 Å². The summed E-state index contributed by atoms with van der Waals surface area (Å²) >= 11 is 6.01. The first-order valence-electron chi connectivity index (χ1n) is 10.8. The first-order chi connectivity index (χ1) is 16.4. The van der Waals surface area contributed by atoms with E-state index in [9.17, 15) is 14.7 Å². The van der Waals surface area contributed by atoms with Crippen LogP contribution in [0.15, 0.2) is 58.1 Å². The maximum Gasteiger partial charge on any atom is 0.332 e. The number of nitrogens with zero attached hydrogens (tertiary/aromatic N) is 4. The molecule has 10 heteroatoms. The molecule has 2 aromatic heterocycles. The number of hydrogen-bond donors (Lipinski definition) is 1. The van der Waals surface area contributed by atoms with Crippen LogP contribution in [0.25, 0.3) is 11.2 Å². The number of halogens is 1. The molecule has 34 heavy (non-hydrogen) atoms. The summed E-state index contributed by atoms with van der Waals surface area (Å²) in [7, 11) is 1.53. The molecule has 0 saturated carbocycles. The molecule has 4 rings (SSSR count). The molecule has 0 radical (unpaired) electrons. The molecule has 9 nitrogen and oxygen atoms in total. The minimum absolute atomic E-state index is 0.117. The van der Waals surface area contributed by atoms with Crippen LogP contribution in [0, 0.1) is 6.92 Å². The number of aromatic nitrogens is 4. The van der Waals surface area contributed by atoms with Crippen molar-refractivity contribution in [1.82, 2.24) is 18.7 Å². The maximum absolute atomic E-state index is 13.2. The minimum Gasteiger partial charge on any atom is -0.490 e. The van der Waals surface area contributed by atoms with E-state index in [1.807, 2.05) is 43.3 Å². The first kappa shape index (κ1) is 23.6. The second-order valence-corrected chi connectivity index (χ2v) is 8.20. The van der Waals surface area contributed by atoms with E-state index >= 15 is 0 Å². The van der Waals surface area contributed by atoms with Gasteiger partial charge >= 0.3 is 5.69 Å². The fourth-order valence-electron chi connectivity index (χ4n) is 3.68. The lowest BCUT2D eigenvalue weighted by atomic mass is 10.2. The van der Waals surface area contributed by atoms with Gasteiger partial charge in [0.1, 0.15) is 19.0 Å². The second-order valence-electron chi connectivity index (χ2n) is 7.76. The van der Waals surface area contributed by atoms with Gasteiger partial charge in [0.15, 0.2) is 11.2 Å². The lowest BCUT2D eigenvalue weighted by molar-refractivity contribution is 0.201. The standard InChI is InChI=1S/C24H25ClN4O5/c1-16-5-3-4-6-19(16)33-13-14-34-23-26-21-20(22(31)28(11-12-30)24(32)27(21)2)29(23)15-17-7-9-18(25)10-8-17/h3-10,30H,11-15H2,1-2H3. The normalized spacial score (nSPS) is 11.2. The fraction of sp³-hybridized carbons (Fsp3) is 0.292. The van der Waals surface area contributed by atoms with E-state index in [-0.39, 0.29) is 50.1 Å². The van der Waals surface area contributed by atoms with Gasteiger partial charge in [0.2, 0.25) is 0 Å². The van der Waals surface area contributed by atoms with Crippen molar-refractivity contribution in [3.05, 3.63) is 85.5 Å². The Balaban J connectivity index is 1.70. The number of ether oxygens (including phenoxy) is 2. The van der Waals surface area contributed by atoms with Crippen molar-refractivity contribution >= 4 is 22.8 Å². The van der Waals surface area contributed by atoms with Gasteiger partial charge in [-0.15, -0.1) is 0 Å². The van der Waals surface area contributed by atoms with Gasteiger partial charge in [-0.1, -0.05) is 41.9 Å². The zero-order valence-corrected chi connectivity index (χ0v) is 19.7. The third kappa shape index (κ3) is 4.71. The van der Waals surface area contributed by atoms with Crippen LogP contribution in [-0.4, -0.2) is 43.6 Å². The van der Waals surface area contributed by atoms with Gasteiger partial charge in [-0.05, 0) is 36.2 Å². The van der Waals surface area contributed by atoms with Crippen molar-refractivity contribution in [3.63, 3.8) is 0 Å². The predicted octanol–water partition coefficient (Wildman–Crippen LogP) is 2.36. The fourth-order valence-corrected chi connectivity index (χ4v) is 3.81. The van der Waals surface area contributed by atoms with Crippen molar-refractivity contribution in [2.45, 2.75) is 20.0 Å². The number of aryl methyl sites for hydroxylation is 2. The molecule has 0 atom stereocenters. The van der Waals surface area contributed by atoms with E-state index in [0.717, 1.165) is 21.4 Å². The third-order valence-corrected chi connectivity index (χ3v) is 5.69. The Hall–Kier alpha value is -3.56. The molecule has 2 heterocycles. The number of imidazole rings is 1. The predicted molar refractivity (Wildman–Crippen MR) is 129 cm³/mol. The Morgan fingerprint density at radius 2 is 1.71 bits per heavy atom. The molecule has 1 N–H and O–H groups in total. The summed E-state index contributed by atoms with van der Waals surface area (Å²) in [6, 6.07) is 15.1. The summed E-state index contributed by atoms with van der Waals surface area (Å²) < 4.78 is 15.6. The molecule has 0 saturated heterocycles. The Morgan fingerprint density at radius 1 is 1.00 bits per heavy atom. The lowest BCUT2D eigenvalue weighted by Gasteiger charge is -2.12. The summed E-state index contributed by atoms with van der Waals surface area (Å²) in [5, 5.41) is 9.94. The molecule has 0 fully saturated rings. The summed E-state index contributed by atoms with van der Waals surface area (Å²) in [6.45, 7) is 2.22. The highest BCUT2D eigenvalue weighted by Crippen LogP contribution is 2.21. The van der Waals surface area contributed by atoms with Gasteiger partial charge in [0.05, 0.1) is 19.7 Å². The maximum atomic E-state index is 13.2. The van der Waals surface area contributed by atoms with E-state index in [2.05, 4.69) is 4.98 Å². The number of aliphatic hydroxyl groups excluding tert-OH is 1. The Bertz CT molecular complexity index is 1420. The van der Waals surface area contributed by atoms with Crippen LogP contribution in [0.4, 0.5) is 0 Å². The molecule has 2 aromatic carbocycles. The van der Waals surface area contributed by atoms with Gasteiger partial charge in [-0.2, -0.15) is 4.98 Å². The summed E-state index contributed by atoms with van der Waals surface area (Å²) in [5.41, 5.74) is 1.19. The van der Waals surface area contributed by atoms with Gasteiger partial charge in [0, 0.05) is 12.1 Å². The summed E-state index contributed by atoms with van der Waals surface area (Å²) in [5.74, 6) is 0.759. The zero-order valence-electron chi connectivity index (χ0n) is 18.9. The van der Waals surface area contributed by atoms with Gasteiger partial charge in [-0.3, -0.25) is 18.5 Å². The van der Waals surface area contributed by atoms with Crippen molar-refractivity contribution in [3.8, 4) is 11.8 Å². The first-order valence-corrected chi connectivity index (χ1v) is 11.1. The van der Waals surface area contributed by atoms with E-state index in [4.69, 9.17) is 21.1 Å². The molecule has 0 bridgehead atoms. The molecule has 0 spiro atoms.